The molecule has 1 aromatic carbocycles. The zero-order valence-corrected chi connectivity index (χ0v) is 9.61. The van der Waals surface area contributed by atoms with Crippen molar-refractivity contribution in [3.8, 4) is 0 Å². The maximum Gasteiger partial charge on any atom is 0.269 e. The number of rotatable bonds is 3. The first kappa shape index (κ1) is 12.7. The van der Waals surface area contributed by atoms with Crippen LogP contribution in [0.4, 0.5) is 5.69 Å². The van der Waals surface area contributed by atoms with E-state index in [2.05, 4.69) is 0 Å². The van der Waals surface area contributed by atoms with E-state index in [1.807, 2.05) is 0 Å². The third-order valence-corrected chi connectivity index (χ3v) is 3.01. The number of carbonyl (C=O) groups excluding carboxylic acids is 1. The number of nitrogens with zero attached hydrogens (tertiary/aromatic N) is 1. The molecule has 1 aliphatic rings. The Hall–Kier alpha value is -1.79. The molecule has 1 aliphatic heterocycles. The highest BCUT2D eigenvalue weighted by molar-refractivity contribution is 5.82. The van der Waals surface area contributed by atoms with E-state index >= 15 is 0 Å². The molecule has 96 valence electrons. The Morgan fingerprint density at radius 1 is 1.50 bits per heavy atom. The van der Waals surface area contributed by atoms with Gasteiger partial charge in [-0.3, -0.25) is 14.9 Å². The number of non-ortho nitro benzene ring substituents is 1. The molecule has 0 unspecified atom stereocenters. The molecule has 6 nitrogen and oxygen atoms in total. The van der Waals surface area contributed by atoms with E-state index in [9.17, 15) is 20.0 Å². The fourth-order valence-corrected chi connectivity index (χ4v) is 1.98. The first-order valence-electron chi connectivity index (χ1n) is 5.62. The molecule has 0 amide bonds. The number of benzene rings is 1. The van der Waals surface area contributed by atoms with Crippen molar-refractivity contribution in [1.82, 2.24) is 0 Å². The monoisotopic (exact) mass is 251 g/mol. The van der Waals surface area contributed by atoms with E-state index in [0.717, 1.165) is 0 Å². The van der Waals surface area contributed by atoms with Gasteiger partial charge in [0, 0.05) is 18.6 Å². The standard InChI is InChI=1S/C12H13NO5/c14-11-4-5-18-7-10(11)12(15)8-2-1-3-9(6-8)13(16)17/h1-3,6,10,12,15H,4-5,7H2/t10-,12+/m1/s1. The Balaban J connectivity index is 2.22. The lowest BCUT2D eigenvalue weighted by molar-refractivity contribution is -0.385. The number of Topliss-reactive ketones (excluding diaryl/α,β-unsaturated/α-hetero) is 1. The summed E-state index contributed by atoms with van der Waals surface area (Å²) in [6, 6.07) is 5.69. The van der Waals surface area contributed by atoms with Gasteiger partial charge in [-0.2, -0.15) is 0 Å². The highest BCUT2D eigenvalue weighted by Gasteiger charge is 2.31. The second kappa shape index (κ2) is 5.24. The first-order valence-corrected chi connectivity index (χ1v) is 5.62. The summed E-state index contributed by atoms with van der Waals surface area (Å²) in [6.07, 6.45) is -0.783. The maximum absolute atomic E-state index is 11.7. The molecule has 0 aliphatic carbocycles. The van der Waals surface area contributed by atoms with E-state index < -0.39 is 16.9 Å². The topological polar surface area (TPSA) is 89.7 Å². The first-order chi connectivity index (χ1) is 8.59. The van der Waals surface area contributed by atoms with Gasteiger partial charge in [-0.15, -0.1) is 0 Å². The van der Waals surface area contributed by atoms with Crippen LogP contribution >= 0.6 is 0 Å². The van der Waals surface area contributed by atoms with Gasteiger partial charge in [-0.25, -0.2) is 0 Å². The molecule has 0 radical (unpaired) electrons. The highest BCUT2D eigenvalue weighted by Crippen LogP contribution is 2.28. The number of ether oxygens (including phenoxy) is 1. The van der Waals surface area contributed by atoms with E-state index in [1.54, 1.807) is 6.07 Å². The van der Waals surface area contributed by atoms with Crippen molar-refractivity contribution < 1.29 is 19.6 Å². The van der Waals surface area contributed by atoms with Gasteiger partial charge in [0.25, 0.3) is 5.69 Å². The summed E-state index contributed by atoms with van der Waals surface area (Å²) >= 11 is 0. The van der Waals surface area contributed by atoms with Crippen LogP contribution in [-0.2, 0) is 9.53 Å². The molecule has 6 heteroatoms. The van der Waals surface area contributed by atoms with Crippen LogP contribution in [0.2, 0.25) is 0 Å². The molecule has 0 bridgehead atoms. The number of aliphatic hydroxyl groups excluding tert-OH is 1. The molecular formula is C12H13NO5. The van der Waals surface area contributed by atoms with Crippen LogP contribution in [0.25, 0.3) is 0 Å². The summed E-state index contributed by atoms with van der Waals surface area (Å²) in [6.45, 7) is 0.527. The zero-order valence-electron chi connectivity index (χ0n) is 9.61. The van der Waals surface area contributed by atoms with Crippen LogP contribution in [0, 0.1) is 16.0 Å². The predicted molar refractivity (Wildman–Crippen MR) is 62.0 cm³/mol. The molecule has 0 saturated carbocycles. The van der Waals surface area contributed by atoms with Crippen molar-refractivity contribution in [3.63, 3.8) is 0 Å². The SMILES string of the molecule is O=C1CCOC[C@H]1[C@@H](O)c1cccc([N+](=O)[O-])c1. The summed E-state index contributed by atoms with van der Waals surface area (Å²) in [4.78, 5) is 21.8. The second-order valence-corrected chi connectivity index (χ2v) is 4.19. The third kappa shape index (κ3) is 2.55. The smallest absolute Gasteiger partial charge is 0.269 e. The molecule has 0 aromatic heterocycles. The van der Waals surface area contributed by atoms with Gasteiger partial charge in [0.2, 0.25) is 0 Å². The van der Waals surface area contributed by atoms with E-state index in [4.69, 9.17) is 4.74 Å². The second-order valence-electron chi connectivity index (χ2n) is 4.19. The van der Waals surface area contributed by atoms with Crippen molar-refractivity contribution in [3.05, 3.63) is 39.9 Å². The number of ketones is 1. The molecule has 1 aromatic rings. The van der Waals surface area contributed by atoms with Gasteiger partial charge in [-0.05, 0) is 5.56 Å². The van der Waals surface area contributed by atoms with Gasteiger partial charge < -0.3 is 9.84 Å². The average Bonchev–Trinajstić information content (AvgIpc) is 2.38. The molecule has 1 saturated heterocycles. The highest BCUT2D eigenvalue weighted by atomic mass is 16.6. The largest absolute Gasteiger partial charge is 0.388 e. The molecule has 1 fully saturated rings. The molecule has 1 heterocycles. The number of nitro groups is 1. The zero-order chi connectivity index (χ0) is 13.1. The van der Waals surface area contributed by atoms with Crippen molar-refractivity contribution in [1.29, 1.82) is 0 Å². The van der Waals surface area contributed by atoms with Crippen LogP contribution in [0.3, 0.4) is 0 Å². The van der Waals surface area contributed by atoms with Crippen LogP contribution in [-0.4, -0.2) is 29.0 Å². The van der Waals surface area contributed by atoms with E-state index in [0.29, 0.717) is 12.2 Å². The van der Waals surface area contributed by atoms with Crippen molar-refractivity contribution >= 4 is 11.5 Å². The van der Waals surface area contributed by atoms with Crippen molar-refractivity contribution in [2.75, 3.05) is 13.2 Å². The molecule has 2 atom stereocenters. The van der Waals surface area contributed by atoms with E-state index in [-0.39, 0.29) is 24.5 Å². The Labute approximate surface area is 103 Å². The van der Waals surface area contributed by atoms with Crippen LogP contribution in [0.1, 0.15) is 18.1 Å². The Bertz CT molecular complexity index is 473. The van der Waals surface area contributed by atoms with Crippen LogP contribution < -0.4 is 0 Å². The Morgan fingerprint density at radius 3 is 2.94 bits per heavy atom. The summed E-state index contributed by atoms with van der Waals surface area (Å²) in [7, 11) is 0. The lowest BCUT2D eigenvalue weighted by Gasteiger charge is -2.25. The molecular weight excluding hydrogens is 238 g/mol. The van der Waals surface area contributed by atoms with E-state index in [1.165, 1.54) is 18.2 Å². The van der Waals surface area contributed by atoms with Crippen molar-refractivity contribution in [2.45, 2.75) is 12.5 Å². The summed E-state index contributed by atoms with van der Waals surface area (Å²) < 4.78 is 5.16. The third-order valence-electron chi connectivity index (χ3n) is 3.01. The lowest BCUT2D eigenvalue weighted by Crippen LogP contribution is -2.32. The van der Waals surface area contributed by atoms with Crippen molar-refractivity contribution in [2.24, 2.45) is 5.92 Å². The summed E-state index contributed by atoms with van der Waals surface area (Å²) in [5.41, 5.74) is 0.267. The fourth-order valence-electron chi connectivity index (χ4n) is 1.98. The van der Waals surface area contributed by atoms with Gasteiger partial charge in [0.05, 0.1) is 30.2 Å². The average molecular weight is 251 g/mol. The maximum atomic E-state index is 11.7. The summed E-state index contributed by atoms with van der Waals surface area (Å²) in [5, 5.41) is 20.7. The minimum Gasteiger partial charge on any atom is -0.388 e. The Morgan fingerprint density at radius 2 is 2.28 bits per heavy atom. The summed E-state index contributed by atoms with van der Waals surface area (Å²) in [5.74, 6) is -0.707. The quantitative estimate of drug-likeness (QED) is 0.644. The van der Waals surface area contributed by atoms with Gasteiger partial charge >= 0.3 is 0 Å². The number of hydrogen-bond acceptors (Lipinski definition) is 5. The molecule has 2 rings (SSSR count). The van der Waals surface area contributed by atoms with Gasteiger partial charge in [0.1, 0.15) is 5.78 Å². The normalized spacial score (nSPS) is 21.6. The molecule has 0 spiro atoms. The Kier molecular flexibility index (Phi) is 3.69. The van der Waals surface area contributed by atoms with Gasteiger partial charge in [-0.1, -0.05) is 12.1 Å². The van der Waals surface area contributed by atoms with Gasteiger partial charge in [0.15, 0.2) is 0 Å². The minimum atomic E-state index is -1.06. The lowest BCUT2D eigenvalue weighted by atomic mass is 9.90. The fraction of sp³-hybridized carbons (Fsp3) is 0.417. The minimum absolute atomic E-state index is 0.0692. The van der Waals surface area contributed by atoms with Crippen LogP contribution in [0.15, 0.2) is 24.3 Å². The number of nitro benzene ring substituents is 1. The van der Waals surface area contributed by atoms with Crippen LogP contribution in [0.5, 0.6) is 0 Å². The predicted octanol–water partition coefficient (Wildman–Crippen LogP) is 1.23. The molecule has 1 N–H and O–H groups in total. The number of aliphatic hydroxyl groups is 1. The number of carbonyl (C=O) groups is 1. The molecule has 18 heavy (non-hydrogen) atoms. The number of hydrogen-bond donors (Lipinski definition) is 1.